The third-order valence-corrected chi connectivity index (χ3v) is 4.78. The number of nitrogens with one attached hydrogen (secondary N) is 1. The van der Waals surface area contributed by atoms with Crippen LogP contribution in [0.4, 0.5) is 4.39 Å². The Labute approximate surface area is 108 Å². The summed E-state index contributed by atoms with van der Waals surface area (Å²) in [7, 11) is -1.38. The van der Waals surface area contributed by atoms with E-state index in [1.54, 1.807) is 0 Å². The molecule has 0 aliphatic rings. The zero-order chi connectivity index (χ0) is 13.6. The predicted octanol–water partition coefficient (Wildman–Crippen LogP) is 2.38. The second kappa shape index (κ2) is 6.85. The van der Waals surface area contributed by atoms with Crippen LogP contribution in [-0.4, -0.2) is 27.3 Å². The van der Waals surface area contributed by atoms with Crippen LogP contribution in [0.3, 0.4) is 0 Å². The lowest BCUT2D eigenvalue weighted by atomic mass is 10.1. The van der Waals surface area contributed by atoms with Crippen LogP contribution in [0.5, 0.6) is 0 Å². The van der Waals surface area contributed by atoms with Gasteiger partial charge >= 0.3 is 0 Å². The van der Waals surface area contributed by atoms with Crippen molar-refractivity contribution in [3.05, 3.63) is 30.1 Å². The first-order valence-electron chi connectivity index (χ1n) is 6.11. The number of benzene rings is 1. The molecule has 1 aromatic rings. The second-order valence-electron chi connectivity index (χ2n) is 4.46. The van der Waals surface area contributed by atoms with Gasteiger partial charge in [0, 0.05) is 6.04 Å². The van der Waals surface area contributed by atoms with E-state index in [-0.39, 0.29) is 10.6 Å². The Kier molecular flexibility index (Phi) is 5.75. The van der Waals surface area contributed by atoms with Crippen LogP contribution in [0.1, 0.15) is 26.2 Å². The maximum absolute atomic E-state index is 12.7. The van der Waals surface area contributed by atoms with Gasteiger partial charge in [0.2, 0.25) is 0 Å². The average molecular weight is 273 g/mol. The number of halogens is 1. The number of unbranched alkanes of at least 4 members (excludes halogenated alkanes) is 1. The molecule has 1 rings (SSSR count). The molecule has 0 fully saturated rings. The molecule has 0 amide bonds. The maximum Gasteiger partial charge on any atom is 0.178 e. The van der Waals surface area contributed by atoms with E-state index in [1.165, 1.54) is 24.3 Å². The van der Waals surface area contributed by atoms with E-state index in [9.17, 15) is 12.8 Å². The quantitative estimate of drug-likeness (QED) is 0.613. The first-order valence-corrected chi connectivity index (χ1v) is 7.76. The van der Waals surface area contributed by atoms with E-state index in [0.717, 1.165) is 12.8 Å². The monoisotopic (exact) mass is 273 g/mol. The molecule has 0 radical (unpaired) electrons. The summed E-state index contributed by atoms with van der Waals surface area (Å²) in [6.45, 7) is 2.06. The summed E-state index contributed by atoms with van der Waals surface area (Å²) in [5.41, 5.74) is 0. The summed E-state index contributed by atoms with van der Waals surface area (Å²) in [4.78, 5) is 0.200. The lowest BCUT2D eigenvalue weighted by molar-refractivity contribution is 0.533. The highest BCUT2D eigenvalue weighted by Gasteiger charge is 2.13. The molecular weight excluding hydrogens is 253 g/mol. The molecule has 3 nitrogen and oxygen atoms in total. The van der Waals surface area contributed by atoms with Gasteiger partial charge in [-0.05, 0) is 51.1 Å². The molecule has 0 saturated heterocycles. The molecule has 1 unspecified atom stereocenters. The highest BCUT2D eigenvalue weighted by molar-refractivity contribution is 7.91. The van der Waals surface area contributed by atoms with E-state index in [2.05, 4.69) is 12.2 Å². The minimum absolute atomic E-state index is 0.120. The summed E-state index contributed by atoms with van der Waals surface area (Å²) >= 11 is 0. The fourth-order valence-electron chi connectivity index (χ4n) is 1.65. The van der Waals surface area contributed by atoms with Crippen LogP contribution in [0.2, 0.25) is 0 Å². The van der Waals surface area contributed by atoms with E-state index in [0.29, 0.717) is 12.5 Å². The molecule has 0 spiro atoms. The van der Waals surface area contributed by atoms with Gasteiger partial charge in [0.25, 0.3) is 0 Å². The fraction of sp³-hybridized carbons (Fsp3) is 0.538. The molecule has 0 saturated carbocycles. The third kappa shape index (κ3) is 4.74. The third-order valence-electron chi connectivity index (χ3n) is 2.97. The molecule has 0 heterocycles. The van der Waals surface area contributed by atoms with Gasteiger partial charge in [-0.1, -0.05) is 6.42 Å². The molecule has 5 heteroatoms. The molecule has 18 heavy (non-hydrogen) atoms. The lowest BCUT2D eigenvalue weighted by Gasteiger charge is -2.09. The standard InChI is InChI=1S/C13H20FNO2S/c1-11(15-2)5-3-4-10-18(16,17)13-8-6-12(14)7-9-13/h6-9,11,15H,3-5,10H2,1-2H3. The van der Waals surface area contributed by atoms with Crippen LogP contribution in [0.15, 0.2) is 29.2 Å². The molecule has 0 bridgehead atoms. The number of sulfone groups is 1. The van der Waals surface area contributed by atoms with Crippen molar-refractivity contribution in [2.24, 2.45) is 0 Å². The Balaban J connectivity index is 2.48. The van der Waals surface area contributed by atoms with Gasteiger partial charge in [-0.15, -0.1) is 0 Å². The molecule has 1 atom stereocenters. The zero-order valence-electron chi connectivity index (χ0n) is 10.8. The van der Waals surface area contributed by atoms with Gasteiger partial charge in [0.05, 0.1) is 10.6 Å². The number of hydrogen-bond acceptors (Lipinski definition) is 3. The minimum atomic E-state index is -3.27. The summed E-state index contributed by atoms with van der Waals surface area (Å²) < 4.78 is 36.5. The van der Waals surface area contributed by atoms with Crippen LogP contribution in [0.25, 0.3) is 0 Å². The topological polar surface area (TPSA) is 46.2 Å². The summed E-state index contributed by atoms with van der Waals surface area (Å²) in [6.07, 6.45) is 2.45. The van der Waals surface area contributed by atoms with Crippen LogP contribution >= 0.6 is 0 Å². The SMILES string of the molecule is CNC(C)CCCCS(=O)(=O)c1ccc(F)cc1. The Morgan fingerprint density at radius 1 is 1.22 bits per heavy atom. The molecular formula is C13H20FNO2S. The molecule has 0 aromatic heterocycles. The summed E-state index contributed by atoms with van der Waals surface area (Å²) in [5, 5.41) is 3.11. The average Bonchev–Trinajstić information content (AvgIpc) is 2.35. The van der Waals surface area contributed by atoms with Crippen molar-refractivity contribution >= 4 is 9.84 Å². The van der Waals surface area contributed by atoms with Gasteiger partial charge < -0.3 is 5.32 Å². The van der Waals surface area contributed by atoms with Gasteiger partial charge in [0.15, 0.2) is 9.84 Å². The second-order valence-corrected chi connectivity index (χ2v) is 6.57. The molecule has 1 N–H and O–H groups in total. The normalized spacial score (nSPS) is 13.5. The van der Waals surface area contributed by atoms with E-state index in [4.69, 9.17) is 0 Å². The van der Waals surface area contributed by atoms with Gasteiger partial charge in [0.1, 0.15) is 5.82 Å². The first-order chi connectivity index (χ1) is 8.45. The maximum atomic E-state index is 12.7. The highest BCUT2D eigenvalue weighted by Crippen LogP contribution is 2.14. The van der Waals surface area contributed by atoms with Gasteiger partial charge in [-0.3, -0.25) is 0 Å². The van der Waals surface area contributed by atoms with Gasteiger partial charge in [-0.25, -0.2) is 12.8 Å². The van der Waals surface area contributed by atoms with Crippen molar-refractivity contribution in [3.63, 3.8) is 0 Å². The zero-order valence-corrected chi connectivity index (χ0v) is 11.6. The smallest absolute Gasteiger partial charge is 0.178 e. The van der Waals surface area contributed by atoms with Crippen molar-refractivity contribution < 1.29 is 12.8 Å². The van der Waals surface area contributed by atoms with Crippen LogP contribution in [0, 0.1) is 5.82 Å². The molecule has 0 aliphatic carbocycles. The molecule has 102 valence electrons. The van der Waals surface area contributed by atoms with E-state index in [1.807, 2.05) is 7.05 Å². The Bertz CT molecular complexity index is 456. The van der Waals surface area contributed by atoms with Crippen LogP contribution in [-0.2, 0) is 9.84 Å². The van der Waals surface area contributed by atoms with Crippen molar-refractivity contribution in [1.29, 1.82) is 0 Å². The first kappa shape index (κ1) is 15.1. The summed E-state index contributed by atoms with van der Waals surface area (Å²) in [5.74, 6) is -0.300. The number of rotatable bonds is 7. The summed E-state index contributed by atoms with van der Waals surface area (Å²) in [6, 6.07) is 5.40. The largest absolute Gasteiger partial charge is 0.317 e. The highest BCUT2D eigenvalue weighted by atomic mass is 32.2. The van der Waals surface area contributed by atoms with Crippen molar-refractivity contribution in [2.45, 2.75) is 37.1 Å². The van der Waals surface area contributed by atoms with Crippen molar-refractivity contribution in [2.75, 3.05) is 12.8 Å². The lowest BCUT2D eigenvalue weighted by Crippen LogP contribution is -2.21. The fourth-order valence-corrected chi connectivity index (χ4v) is 3.02. The molecule has 1 aromatic carbocycles. The van der Waals surface area contributed by atoms with E-state index < -0.39 is 15.7 Å². The Morgan fingerprint density at radius 2 is 1.83 bits per heavy atom. The Hall–Kier alpha value is -0.940. The number of hydrogen-bond donors (Lipinski definition) is 1. The molecule has 0 aliphatic heterocycles. The van der Waals surface area contributed by atoms with E-state index >= 15 is 0 Å². The van der Waals surface area contributed by atoms with Crippen LogP contribution < -0.4 is 5.32 Å². The minimum Gasteiger partial charge on any atom is -0.317 e. The van der Waals surface area contributed by atoms with Crippen molar-refractivity contribution in [1.82, 2.24) is 5.32 Å². The van der Waals surface area contributed by atoms with Crippen molar-refractivity contribution in [3.8, 4) is 0 Å². The van der Waals surface area contributed by atoms with Gasteiger partial charge in [-0.2, -0.15) is 0 Å². The Morgan fingerprint density at radius 3 is 2.39 bits per heavy atom. The predicted molar refractivity (Wildman–Crippen MR) is 70.8 cm³/mol.